The number of hydrogen-bond donors (Lipinski definition) is 1. The monoisotopic (exact) mass is 253 g/mol. The number of rotatable bonds is 2. The van der Waals surface area contributed by atoms with Crippen LogP contribution < -0.4 is 0 Å². The van der Waals surface area contributed by atoms with Crippen LogP contribution >= 0.6 is 0 Å². The van der Waals surface area contributed by atoms with Crippen LogP contribution in [-0.2, 0) is 4.79 Å². The van der Waals surface area contributed by atoms with Gasteiger partial charge in [0.05, 0.1) is 0 Å². The maximum Gasteiger partial charge on any atom is 0.407 e. The van der Waals surface area contributed by atoms with Gasteiger partial charge in [0, 0.05) is 19.5 Å². The second-order valence-electron chi connectivity index (χ2n) is 6.93. The molecule has 0 radical (unpaired) electrons. The van der Waals surface area contributed by atoms with E-state index in [1.807, 2.05) is 0 Å². The van der Waals surface area contributed by atoms with Crippen molar-refractivity contribution in [3.8, 4) is 0 Å². The van der Waals surface area contributed by atoms with Gasteiger partial charge in [0.2, 0.25) is 0 Å². The van der Waals surface area contributed by atoms with Gasteiger partial charge in [0.1, 0.15) is 6.29 Å². The second-order valence-corrected chi connectivity index (χ2v) is 6.93. The zero-order valence-corrected chi connectivity index (χ0v) is 11.5. The number of aldehydes is 1. The lowest BCUT2D eigenvalue weighted by molar-refractivity contribution is -0.110. The topological polar surface area (TPSA) is 57.6 Å². The first-order chi connectivity index (χ1) is 8.28. The van der Waals surface area contributed by atoms with E-state index in [2.05, 4.69) is 20.8 Å². The molecule has 1 aliphatic carbocycles. The maximum absolute atomic E-state index is 11.0. The van der Waals surface area contributed by atoms with Crippen LogP contribution in [0.5, 0.6) is 0 Å². The molecular weight excluding hydrogens is 230 g/mol. The van der Waals surface area contributed by atoms with Gasteiger partial charge < -0.3 is 14.8 Å². The van der Waals surface area contributed by atoms with Crippen molar-refractivity contribution in [3.63, 3.8) is 0 Å². The van der Waals surface area contributed by atoms with E-state index in [1.165, 1.54) is 4.90 Å². The fourth-order valence-electron chi connectivity index (χ4n) is 4.11. The summed E-state index contributed by atoms with van der Waals surface area (Å²) < 4.78 is 0. The molecule has 4 heteroatoms. The third-order valence-corrected chi connectivity index (χ3v) is 5.39. The Morgan fingerprint density at radius 1 is 1.33 bits per heavy atom. The van der Waals surface area contributed by atoms with E-state index in [0.29, 0.717) is 19.5 Å². The summed E-state index contributed by atoms with van der Waals surface area (Å²) in [6, 6.07) is 0. The van der Waals surface area contributed by atoms with Crippen molar-refractivity contribution < 1.29 is 14.7 Å². The van der Waals surface area contributed by atoms with Gasteiger partial charge in [-0.1, -0.05) is 20.8 Å². The lowest BCUT2D eigenvalue weighted by atomic mass is 9.68. The molecule has 0 aromatic heterocycles. The maximum atomic E-state index is 11.0. The first kappa shape index (κ1) is 13.4. The summed E-state index contributed by atoms with van der Waals surface area (Å²) in [5.41, 5.74) is 0.407. The Labute approximate surface area is 108 Å². The fourth-order valence-corrected chi connectivity index (χ4v) is 4.11. The quantitative estimate of drug-likeness (QED) is 0.770. The Morgan fingerprint density at radius 3 is 2.28 bits per heavy atom. The third-order valence-electron chi connectivity index (χ3n) is 5.39. The largest absolute Gasteiger partial charge is 0.465 e. The van der Waals surface area contributed by atoms with E-state index < -0.39 is 6.09 Å². The molecule has 0 aromatic rings. The molecule has 4 nitrogen and oxygen atoms in total. The number of carboxylic acid groups (broad SMARTS) is 1. The van der Waals surface area contributed by atoms with Crippen LogP contribution in [-0.4, -0.2) is 35.5 Å². The molecule has 1 N–H and O–H groups in total. The van der Waals surface area contributed by atoms with Crippen molar-refractivity contribution in [1.82, 2.24) is 4.90 Å². The first-order valence-electron chi connectivity index (χ1n) is 6.70. The minimum atomic E-state index is -0.817. The SMILES string of the molecule is CC(C)(C)C1(CC=O)CC12CCN(C(=O)O)CC2. The van der Waals surface area contributed by atoms with E-state index in [-0.39, 0.29) is 16.2 Å². The van der Waals surface area contributed by atoms with Gasteiger partial charge in [-0.25, -0.2) is 4.79 Å². The molecule has 1 aliphatic heterocycles. The molecule has 1 atom stereocenters. The van der Waals surface area contributed by atoms with E-state index in [1.54, 1.807) is 0 Å². The molecule has 0 bridgehead atoms. The number of carbonyl (C=O) groups excluding carboxylic acids is 1. The highest BCUT2D eigenvalue weighted by atomic mass is 16.4. The number of amides is 1. The minimum absolute atomic E-state index is 0.0896. The van der Waals surface area contributed by atoms with Crippen LogP contribution in [0.15, 0.2) is 0 Å². The Bertz CT molecular complexity index is 364. The summed E-state index contributed by atoms with van der Waals surface area (Å²) in [6.07, 6.45) is 3.74. The molecule has 1 heterocycles. The van der Waals surface area contributed by atoms with Gasteiger partial charge in [0.15, 0.2) is 0 Å². The highest BCUT2D eigenvalue weighted by Gasteiger charge is 2.71. The van der Waals surface area contributed by atoms with Crippen molar-refractivity contribution in [3.05, 3.63) is 0 Å². The summed E-state index contributed by atoms with van der Waals surface area (Å²) in [4.78, 5) is 23.4. The zero-order chi connectivity index (χ0) is 13.6. The van der Waals surface area contributed by atoms with Gasteiger partial charge in [-0.3, -0.25) is 0 Å². The number of nitrogens with zero attached hydrogens (tertiary/aromatic N) is 1. The molecule has 2 aliphatic rings. The molecule has 1 saturated carbocycles. The Hall–Kier alpha value is -1.06. The smallest absolute Gasteiger partial charge is 0.407 e. The standard InChI is InChI=1S/C14H23NO3/c1-12(2,3)14(6-9-16)10-13(14)4-7-15(8-5-13)11(17)18/h9H,4-8,10H2,1-3H3,(H,17,18). The van der Waals surface area contributed by atoms with E-state index >= 15 is 0 Å². The van der Waals surface area contributed by atoms with Gasteiger partial charge in [-0.05, 0) is 35.5 Å². The minimum Gasteiger partial charge on any atom is -0.465 e. The number of hydrogen-bond acceptors (Lipinski definition) is 2. The molecule has 1 amide bonds. The lowest BCUT2D eigenvalue weighted by Gasteiger charge is -2.39. The Morgan fingerprint density at radius 2 is 1.89 bits per heavy atom. The second kappa shape index (κ2) is 3.97. The summed E-state index contributed by atoms with van der Waals surface area (Å²) in [5.74, 6) is 0. The number of carbonyl (C=O) groups is 2. The normalized spacial score (nSPS) is 30.3. The van der Waals surface area contributed by atoms with Crippen LogP contribution in [0.1, 0.15) is 46.5 Å². The van der Waals surface area contributed by atoms with Crippen LogP contribution in [0.25, 0.3) is 0 Å². The zero-order valence-electron chi connectivity index (χ0n) is 11.5. The number of piperidine rings is 1. The Balaban J connectivity index is 2.12. The fraction of sp³-hybridized carbons (Fsp3) is 0.857. The molecule has 0 aromatic carbocycles. The van der Waals surface area contributed by atoms with Crippen LogP contribution in [0.4, 0.5) is 4.79 Å². The molecule has 18 heavy (non-hydrogen) atoms. The molecule has 2 fully saturated rings. The van der Waals surface area contributed by atoms with E-state index in [0.717, 1.165) is 25.5 Å². The first-order valence-corrected chi connectivity index (χ1v) is 6.70. The van der Waals surface area contributed by atoms with Gasteiger partial charge in [-0.2, -0.15) is 0 Å². The van der Waals surface area contributed by atoms with Crippen LogP contribution in [0, 0.1) is 16.2 Å². The molecule has 2 rings (SSSR count). The van der Waals surface area contributed by atoms with Crippen molar-refractivity contribution >= 4 is 12.4 Å². The van der Waals surface area contributed by atoms with Crippen LogP contribution in [0.2, 0.25) is 0 Å². The summed E-state index contributed by atoms with van der Waals surface area (Å²) in [6.45, 7) is 7.84. The van der Waals surface area contributed by atoms with Gasteiger partial charge >= 0.3 is 6.09 Å². The summed E-state index contributed by atoms with van der Waals surface area (Å²) >= 11 is 0. The highest BCUT2D eigenvalue weighted by Crippen LogP contribution is 2.77. The van der Waals surface area contributed by atoms with Crippen LogP contribution in [0.3, 0.4) is 0 Å². The van der Waals surface area contributed by atoms with Crippen molar-refractivity contribution in [2.75, 3.05) is 13.1 Å². The van der Waals surface area contributed by atoms with E-state index in [9.17, 15) is 9.59 Å². The van der Waals surface area contributed by atoms with Gasteiger partial charge in [-0.15, -0.1) is 0 Å². The summed E-state index contributed by atoms with van der Waals surface area (Å²) in [7, 11) is 0. The molecule has 102 valence electrons. The predicted molar refractivity (Wildman–Crippen MR) is 68.5 cm³/mol. The summed E-state index contributed by atoms with van der Waals surface area (Å²) in [5, 5.41) is 8.99. The van der Waals surface area contributed by atoms with Gasteiger partial charge in [0.25, 0.3) is 0 Å². The predicted octanol–water partition coefficient (Wildman–Crippen LogP) is 2.77. The number of likely N-dealkylation sites (tertiary alicyclic amines) is 1. The van der Waals surface area contributed by atoms with Crippen molar-refractivity contribution in [2.45, 2.75) is 46.5 Å². The highest BCUT2D eigenvalue weighted by molar-refractivity contribution is 5.65. The molecule has 1 unspecified atom stereocenters. The third kappa shape index (κ3) is 1.73. The molecule has 1 saturated heterocycles. The molecule has 1 spiro atoms. The lowest BCUT2D eigenvalue weighted by Crippen LogP contribution is -2.41. The van der Waals surface area contributed by atoms with E-state index in [4.69, 9.17) is 5.11 Å². The Kier molecular flexibility index (Phi) is 2.95. The average Bonchev–Trinajstić information content (AvgIpc) is 2.88. The van der Waals surface area contributed by atoms with Crippen molar-refractivity contribution in [2.24, 2.45) is 16.2 Å². The average molecular weight is 253 g/mol. The molecular formula is C14H23NO3. The van der Waals surface area contributed by atoms with Crippen molar-refractivity contribution in [1.29, 1.82) is 0 Å².